The number of rotatable bonds is 9. The average Bonchev–Trinajstić information content (AvgIpc) is 2.64. The van der Waals surface area contributed by atoms with Crippen molar-refractivity contribution in [2.45, 2.75) is 55.4 Å². The molecule has 27 heavy (non-hydrogen) atoms. The van der Waals surface area contributed by atoms with Gasteiger partial charge in [-0.1, -0.05) is 77.8 Å². The third-order valence-electron chi connectivity index (χ3n) is 6.83. The second-order valence-corrected chi connectivity index (χ2v) is 9.04. The average molecular weight is 361 g/mol. The van der Waals surface area contributed by atoms with E-state index < -0.39 is 0 Å². The van der Waals surface area contributed by atoms with Crippen LogP contribution < -0.4 is 5.73 Å². The van der Waals surface area contributed by atoms with Gasteiger partial charge in [0.1, 0.15) is 31.4 Å². The van der Waals surface area contributed by atoms with Crippen molar-refractivity contribution in [1.82, 2.24) is 0 Å². The SMILES string of the molecule is BC1(B)C(/C=C/CCCC)=Cc2ccc([C@H](CN)CCCO)cc2C1(B)B. The zero-order chi connectivity index (χ0) is 20.1. The van der Waals surface area contributed by atoms with Gasteiger partial charge in [-0.15, -0.1) is 0 Å². The molecule has 3 N–H and O–H groups in total. The maximum Gasteiger partial charge on any atom is 0.104 e. The van der Waals surface area contributed by atoms with Crippen LogP contribution in [-0.4, -0.2) is 49.6 Å². The van der Waals surface area contributed by atoms with Gasteiger partial charge in [-0.25, -0.2) is 0 Å². The van der Waals surface area contributed by atoms with Gasteiger partial charge in [0.2, 0.25) is 0 Å². The van der Waals surface area contributed by atoms with E-state index >= 15 is 0 Å². The zero-order valence-corrected chi connectivity index (χ0v) is 18.0. The molecule has 0 spiro atoms. The highest BCUT2D eigenvalue weighted by Crippen LogP contribution is 2.50. The van der Waals surface area contributed by atoms with Crippen molar-refractivity contribution < 1.29 is 5.11 Å². The number of allylic oxidation sites excluding steroid dienone is 3. The number of fused-ring (bicyclic) bond motifs is 1. The molecular weight excluding hydrogens is 325 g/mol. The van der Waals surface area contributed by atoms with E-state index in [-0.39, 0.29) is 17.0 Å². The van der Waals surface area contributed by atoms with E-state index in [2.05, 4.69) is 74.7 Å². The monoisotopic (exact) mass is 361 g/mol. The molecule has 0 aliphatic heterocycles. The highest BCUT2D eigenvalue weighted by atomic mass is 16.2. The largest absolute Gasteiger partial charge is 0.396 e. The molecule has 1 aliphatic carbocycles. The summed E-state index contributed by atoms with van der Waals surface area (Å²) < 4.78 is 0. The van der Waals surface area contributed by atoms with Crippen molar-refractivity contribution in [3.05, 3.63) is 52.6 Å². The van der Waals surface area contributed by atoms with Crippen LogP contribution in [0.5, 0.6) is 0 Å². The highest BCUT2D eigenvalue weighted by molar-refractivity contribution is 6.56. The van der Waals surface area contributed by atoms with Crippen LogP contribution in [0.1, 0.15) is 61.6 Å². The minimum atomic E-state index is 0.0354. The minimum Gasteiger partial charge on any atom is -0.396 e. The van der Waals surface area contributed by atoms with Gasteiger partial charge in [-0.05, 0) is 42.9 Å². The summed E-state index contributed by atoms with van der Waals surface area (Å²) in [5, 5.41) is 9.28. The molecule has 0 radical (unpaired) electrons. The van der Waals surface area contributed by atoms with Crippen molar-refractivity contribution >= 4 is 37.5 Å². The number of hydrogen-bond acceptors (Lipinski definition) is 2. The molecule has 2 nitrogen and oxygen atoms in total. The molecule has 0 fully saturated rings. The quantitative estimate of drug-likeness (QED) is 0.496. The number of aliphatic hydroxyl groups excluding tert-OH is 1. The number of benzene rings is 1. The van der Waals surface area contributed by atoms with Gasteiger partial charge in [0.05, 0.1) is 0 Å². The van der Waals surface area contributed by atoms with Crippen molar-refractivity contribution in [2.24, 2.45) is 5.73 Å². The van der Waals surface area contributed by atoms with Crippen LogP contribution in [-0.2, 0) is 5.21 Å². The van der Waals surface area contributed by atoms with Gasteiger partial charge in [-0.3, -0.25) is 0 Å². The van der Waals surface area contributed by atoms with Crippen LogP contribution in [0.25, 0.3) is 6.08 Å². The van der Waals surface area contributed by atoms with Gasteiger partial charge in [0.15, 0.2) is 0 Å². The van der Waals surface area contributed by atoms with Crippen LogP contribution in [0.3, 0.4) is 0 Å². The molecule has 0 bridgehead atoms. The second kappa shape index (κ2) is 9.39. The molecule has 1 aliphatic rings. The predicted octanol–water partition coefficient (Wildman–Crippen LogP) is 0.446. The lowest BCUT2D eigenvalue weighted by Crippen LogP contribution is -2.46. The maximum atomic E-state index is 9.18. The third kappa shape index (κ3) is 4.66. The molecule has 1 atom stereocenters. The van der Waals surface area contributed by atoms with Gasteiger partial charge >= 0.3 is 0 Å². The molecule has 1 aromatic rings. The lowest BCUT2D eigenvalue weighted by molar-refractivity contribution is 0.280. The van der Waals surface area contributed by atoms with E-state index in [1.165, 1.54) is 35.1 Å². The summed E-state index contributed by atoms with van der Waals surface area (Å²) in [4.78, 5) is 0. The Hall–Kier alpha value is -1.12. The molecule has 0 heterocycles. The standard InChI is InChI=1S/C21H35B4NO/c1-2-3-4-5-8-18-12-16-10-9-15(17(14-26)7-6-11-27)13-19(16)21(24,25)20(18,22)23/h5,8-10,12-13,17,27H,2-4,6-7,11,14,22-26H2,1H3/b8-5+/t17-/m0/s1. The molecule has 0 amide bonds. The van der Waals surface area contributed by atoms with Crippen LogP contribution in [0.4, 0.5) is 0 Å². The molecule has 142 valence electrons. The topological polar surface area (TPSA) is 46.2 Å². The van der Waals surface area contributed by atoms with Crippen molar-refractivity contribution in [2.75, 3.05) is 13.2 Å². The Labute approximate surface area is 169 Å². The van der Waals surface area contributed by atoms with Crippen molar-refractivity contribution in [3.63, 3.8) is 0 Å². The Bertz CT molecular complexity index is 697. The normalized spacial score (nSPS) is 18.9. The first-order valence-electron chi connectivity index (χ1n) is 10.6. The molecule has 1 aromatic carbocycles. The van der Waals surface area contributed by atoms with E-state index in [0.29, 0.717) is 12.5 Å². The fraction of sp³-hybridized carbons (Fsp3) is 0.524. The number of aliphatic hydroxyl groups is 1. The first-order chi connectivity index (χ1) is 12.8. The number of hydrogen-bond donors (Lipinski definition) is 2. The van der Waals surface area contributed by atoms with E-state index in [1.807, 2.05) is 0 Å². The Morgan fingerprint density at radius 1 is 1.15 bits per heavy atom. The molecule has 2 rings (SSSR count). The van der Waals surface area contributed by atoms with Crippen molar-refractivity contribution in [1.29, 1.82) is 0 Å². The summed E-state index contributed by atoms with van der Waals surface area (Å²) in [6, 6.07) is 6.88. The predicted molar refractivity (Wildman–Crippen MR) is 130 cm³/mol. The highest BCUT2D eigenvalue weighted by Gasteiger charge is 2.43. The summed E-state index contributed by atoms with van der Waals surface area (Å²) in [5.41, 5.74) is 11.5. The van der Waals surface area contributed by atoms with Gasteiger partial charge in [0, 0.05) is 6.61 Å². The lowest BCUT2D eigenvalue weighted by atomic mass is 9.25. The molecule has 6 heteroatoms. The third-order valence-corrected chi connectivity index (χ3v) is 6.83. The molecule has 0 saturated carbocycles. The van der Waals surface area contributed by atoms with Crippen LogP contribution in [0.2, 0.25) is 5.21 Å². The molecule has 0 aromatic heterocycles. The van der Waals surface area contributed by atoms with E-state index in [0.717, 1.165) is 19.3 Å². The lowest BCUT2D eigenvalue weighted by Gasteiger charge is -2.48. The molecule has 0 saturated heterocycles. The summed E-state index contributed by atoms with van der Waals surface area (Å²) in [6.07, 6.45) is 12.4. The van der Waals surface area contributed by atoms with Crippen LogP contribution in [0.15, 0.2) is 35.9 Å². The Balaban J connectivity index is 2.42. The first-order valence-corrected chi connectivity index (χ1v) is 10.6. The Kier molecular flexibility index (Phi) is 7.71. The van der Waals surface area contributed by atoms with Gasteiger partial charge in [0.25, 0.3) is 0 Å². The summed E-state index contributed by atoms with van der Waals surface area (Å²) in [7, 11) is 9.47. The fourth-order valence-corrected chi connectivity index (χ4v) is 4.09. The first kappa shape index (κ1) is 22.2. The van der Waals surface area contributed by atoms with Crippen molar-refractivity contribution in [3.8, 4) is 0 Å². The summed E-state index contributed by atoms with van der Waals surface area (Å²) in [5.74, 6) is 0.320. The molecule has 0 unspecified atom stereocenters. The summed E-state index contributed by atoms with van der Waals surface area (Å²) in [6.45, 7) is 3.10. The number of unbranched alkanes of at least 4 members (excludes halogenated alkanes) is 2. The van der Waals surface area contributed by atoms with E-state index in [4.69, 9.17) is 5.73 Å². The van der Waals surface area contributed by atoms with E-state index in [1.54, 1.807) is 0 Å². The number of nitrogens with two attached hydrogens (primary N) is 1. The van der Waals surface area contributed by atoms with Gasteiger partial charge < -0.3 is 10.8 Å². The van der Waals surface area contributed by atoms with Crippen LogP contribution >= 0.6 is 0 Å². The van der Waals surface area contributed by atoms with E-state index in [9.17, 15) is 5.11 Å². The summed E-state index contributed by atoms with van der Waals surface area (Å²) >= 11 is 0. The van der Waals surface area contributed by atoms with Crippen LogP contribution in [0, 0.1) is 0 Å². The minimum absolute atomic E-state index is 0.0354. The Morgan fingerprint density at radius 3 is 2.52 bits per heavy atom. The second-order valence-electron chi connectivity index (χ2n) is 9.04. The smallest absolute Gasteiger partial charge is 0.104 e. The van der Waals surface area contributed by atoms with Gasteiger partial charge in [-0.2, -0.15) is 0 Å². The molecular formula is C21H35B4NO. The zero-order valence-electron chi connectivity index (χ0n) is 18.0. The maximum absolute atomic E-state index is 9.18. The fourth-order valence-electron chi connectivity index (χ4n) is 4.09. The Morgan fingerprint density at radius 2 is 1.89 bits per heavy atom.